The van der Waals surface area contributed by atoms with E-state index >= 15 is 0 Å². The number of benzene rings is 2. The van der Waals surface area contributed by atoms with E-state index in [4.69, 9.17) is 14.2 Å². The van der Waals surface area contributed by atoms with E-state index in [9.17, 15) is 4.79 Å². The van der Waals surface area contributed by atoms with Crippen LogP contribution in [0.1, 0.15) is 33.8 Å². The molecule has 3 rings (SSSR count). The number of methoxy groups -OCH3 is 3. The molecular weight excluding hydrogens is 362 g/mol. The molecule has 2 aromatic carbocycles. The van der Waals surface area contributed by atoms with Gasteiger partial charge in [-0.3, -0.25) is 4.79 Å². The van der Waals surface area contributed by atoms with Crippen molar-refractivity contribution in [2.24, 2.45) is 0 Å². The SMILES string of the molecule is CCc1ccc(C(=O)N2CCSC2c2cc(OC)c(OC)cc2OC)cc1. The monoisotopic (exact) mass is 387 g/mol. The highest BCUT2D eigenvalue weighted by Gasteiger charge is 2.34. The summed E-state index contributed by atoms with van der Waals surface area (Å²) in [5, 5.41) is -0.127. The third kappa shape index (κ3) is 3.86. The molecule has 0 N–H and O–H groups in total. The maximum Gasteiger partial charge on any atom is 0.255 e. The van der Waals surface area contributed by atoms with Gasteiger partial charge in [0, 0.05) is 29.5 Å². The van der Waals surface area contributed by atoms with Crippen molar-refractivity contribution in [2.75, 3.05) is 33.6 Å². The van der Waals surface area contributed by atoms with Gasteiger partial charge in [-0.2, -0.15) is 0 Å². The molecule has 0 radical (unpaired) electrons. The summed E-state index contributed by atoms with van der Waals surface area (Å²) in [6.45, 7) is 2.80. The van der Waals surface area contributed by atoms with Gasteiger partial charge >= 0.3 is 0 Å². The minimum atomic E-state index is -0.127. The van der Waals surface area contributed by atoms with Crippen LogP contribution in [0.3, 0.4) is 0 Å². The predicted molar refractivity (Wildman–Crippen MR) is 108 cm³/mol. The first-order valence-electron chi connectivity index (χ1n) is 8.94. The number of nitrogens with zero attached hydrogens (tertiary/aromatic N) is 1. The van der Waals surface area contributed by atoms with Gasteiger partial charge in [0.25, 0.3) is 5.91 Å². The summed E-state index contributed by atoms with van der Waals surface area (Å²) in [6.07, 6.45) is 0.958. The molecule has 0 aromatic heterocycles. The number of hydrogen-bond acceptors (Lipinski definition) is 5. The summed E-state index contributed by atoms with van der Waals surface area (Å²) < 4.78 is 16.4. The number of aryl methyl sites for hydroxylation is 1. The van der Waals surface area contributed by atoms with E-state index in [0.717, 1.165) is 17.7 Å². The van der Waals surface area contributed by atoms with Gasteiger partial charge in [0.2, 0.25) is 0 Å². The van der Waals surface area contributed by atoms with Crippen molar-refractivity contribution in [1.82, 2.24) is 4.90 Å². The molecule has 1 aliphatic heterocycles. The molecule has 0 spiro atoms. The molecule has 2 aromatic rings. The largest absolute Gasteiger partial charge is 0.496 e. The van der Waals surface area contributed by atoms with Crippen molar-refractivity contribution in [2.45, 2.75) is 18.7 Å². The number of carbonyl (C=O) groups is 1. The second-order valence-corrected chi connectivity index (χ2v) is 7.41. The highest BCUT2D eigenvalue weighted by atomic mass is 32.2. The lowest BCUT2D eigenvalue weighted by atomic mass is 10.1. The van der Waals surface area contributed by atoms with Gasteiger partial charge in [-0.25, -0.2) is 0 Å². The van der Waals surface area contributed by atoms with Crippen LogP contribution in [0.4, 0.5) is 0 Å². The Hall–Kier alpha value is -2.34. The molecule has 1 saturated heterocycles. The molecule has 1 fully saturated rings. The van der Waals surface area contributed by atoms with Crippen molar-refractivity contribution in [3.05, 3.63) is 53.1 Å². The third-order valence-corrected chi connectivity index (χ3v) is 6.01. The van der Waals surface area contributed by atoms with Crippen molar-refractivity contribution in [3.8, 4) is 17.2 Å². The van der Waals surface area contributed by atoms with E-state index in [1.54, 1.807) is 33.1 Å². The fourth-order valence-electron chi connectivity index (χ4n) is 3.23. The zero-order chi connectivity index (χ0) is 19.4. The molecule has 27 heavy (non-hydrogen) atoms. The molecule has 6 heteroatoms. The van der Waals surface area contributed by atoms with Crippen LogP contribution < -0.4 is 14.2 Å². The fraction of sp³-hybridized carbons (Fsp3) is 0.381. The Morgan fingerprint density at radius 1 is 1.04 bits per heavy atom. The quantitative estimate of drug-likeness (QED) is 0.745. The van der Waals surface area contributed by atoms with Crippen LogP contribution in [0, 0.1) is 0 Å². The van der Waals surface area contributed by atoms with Crippen LogP contribution >= 0.6 is 11.8 Å². The Labute approximate surface area is 164 Å². The standard InChI is InChI=1S/C21H25NO4S/c1-5-14-6-8-15(9-7-14)20(23)22-10-11-27-21(22)16-12-18(25-3)19(26-4)13-17(16)24-2/h6-9,12-13,21H,5,10-11H2,1-4H3. The lowest BCUT2D eigenvalue weighted by Gasteiger charge is -2.26. The number of amides is 1. The van der Waals surface area contributed by atoms with Gasteiger partial charge in [0.15, 0.2) is 11.5 Å². The minimum absolute atomic E-state index is 0.0319. The Morgan fingerprint density at radius 2 is 1.67 bits per heavy atom. The Kier molecular flexibility index (Phi) is 6.16. The molecule has 144 valence electrons. The first-order chi connectivity index (χ1) is 13.1. The highest BCUT2D eigenvalue weighted by Crippen LogP contribution is 2.46. The van der Waals surface area contributed by atoms with Gasteiger partial charge in [0.05, 0.1) is 21.3 Å². The van der Waals surface area contributed by atoms with Crippen molar-refractivity contribution < 1.29 is 19.0 Å². The summed E-state index contributed by atoms with van der Waals surface area (Å²) in [6, 6.07) is 11.6. The number of thioether (sulfide) groups is 1. The van der Waals surface area contributed by atoms with E-state index in [2.05, 4.69) is 6.92 Å². The highest BCUT2D eigenvalue weighted by molar-refractivity contribution is 7.99. The Balaban J connectivity index is 1.94. The molecule has 0 aliphatic carbocycles. The van der Waals surface area contributed by atoms with Crippen LogP contribution in [-0.2, 0) is 6.42 Å². The van der Waals surface area contributed by atoms with E-state index in [-0.39, 0.29) is 11.3 Å². The molecule has 1 amide bonds. The van der Waals surface area contributed by atoms with E-state index < -0.39 is 0 Å². The molecule has 5 nitrogen and oxygen atoms in total. The first-order valence-corrected chi connectivity index (χ1v) is 9.99. The normalized spacial score (nSPS) is 16.3. The van der Waals surface area contributed by atoms with E-state index in [0.29, 0.717) is 29.4 Å². The van der Waals surface area contributed by atoms with Crippen molar-refractivity contribution in [3.63, 3.8) is 0 Å². The summed E-state index contributed by atoms with van der Waals surface area (Å²) in [4.78, 5) is 15.0. The van der Waals surface area contributed by atoms with Crippen molar-refractivity contribution in [1.29, 1.82) is 0 Å². The van der Waals surface area contributed by atoms with Gasteiger partial charge in [-0.05, 0) is 30.2 Å². The summed E-state index contributed by atoms with van der Waals surface area (Å²) in [5.74, 6) is 2.83. The lowest BCUT2D eigenvalue weighted by Crippen LogP contribution is -2.30. The van der Waals surface area contributed by atoms with Crippen LogP contribution in [-0.4, -0.2) is 44.4 Å². The smallest absolute Gasteiger partial charge is 0.255 e. The maximum atomic E-state index is 13.1. The van der Waals surface area contributed by atoms with E-state index in [1.165, 1.54) is 5.56 Å². The maximum absolute atomic E-state index is 13.1. The molecule has 0 bridgehead atoms. The average Bonchev–Trinajstić information content (AvgIpc) is 3.21. The Morgan fingerprint density at radius 3 is 2.26 bits per heavy atom. The predicted octanol–water partition coefficient (Wildman–Crippen LogP) is 4.16. The molecule has 0 saturated carbocycles. The third-order valence-electron chi connectivity index (χ3n) is 4.76. The van der Waals surface area contributed by atoms with Crippen LogP contribution in [0.2, 0.25) is 0 Å². The average molecular weight is 388 g/mol. The minimum Gasteiger partial charge on any atom is -0.496 e. The van der Waals surface area contributed by atoms with Gasteiger partial charge in [0.1, 0.15) is 11.1 Å². The van der Waals surface area contributed by atoms with E-state index in [1.807, 2.05) is 41.3 Å². The topological polar surface area (TPSA) is 48.0 Å². The number of hydrogen-bond donors (Lipinski definition) is 0. The van der Waals surface area contributed by atoms with Gasteiger partial charge < -0.3 is 19.1 Å². The first kappa shape index (κ1) is 19.4. The molecule has 1 atom stereocenters. The zero-order valence-corrected chi connectivity index (χ0v) is 17.0. The Bertz CT molecular complexity index is 807. The number of carbonyl (C=O) groups excluding carboxylic acids is 1. The second kappa shape index (κ2) is 8.57. The molecule has 1 heterocycles. The van der Waals surface area contributed by atoms with Gasteiger partial charge in [-0.15, -0.1) is 11.8 Å². The van der Waals surface area contributed by atoms with Crippen LogP contribution in [0.15, 0.2) is 36.4 Å². The van der Waals surface area contributed by atoms with Crippen LogP contribution in [0.5, 0.6) is 17.2 Å². The molecular formula is C21H25NO4S. The fourth-order valence-corrected chi connectivity index (χ4v) is 4.50. The van der Waals surface area contributed by atoms with Crippen molar-refractivity contribution >= 4 is 17.7 Å². The molecule has 1 unspecified atom stereocenters. The second-order valence-electron chi connectivity index (χ2n) is 6.22. The number of ether oxygens (including phenoxy) is 3. The summed E-state index contributed by atoms with van der Waals surface area (Å²) in [5.41, 5.74) is 2.84. The summed E-state index contributed by atoms with van der Waals surface area (Å²) >= 11 is 1.73. The molecule has 1 aliphatic rings. The summed E-state index contributed by atoms with van der Waals surface area (Å²) in [7, 11) is 4.82. The van der Waals surface area contributed by atoms with Crippen LogP contribution in [0.25, 0.3) is 0 Å². The zero-order valence-electron chi connectivity index (χ0n) is 16.2. The number of rotatable bonds is 6. The lowest BCUT2D eigenvalue weighted by molar-refractivity contribution is 0.0759. The van der Waals surface area contributed by atoms with Gasteiger partial charge in [-0.1, -0.05) is 19.1 Å².